The average Bonchev–Trinajstić information content (AvgIpc) is 2.79. The second-order valence-electron chi connectivity index (χ2n) is 9.63. The van der Waals surface area contributed by atoms with Crippen molar-refractivity contribution in [2.75, 3.05) is 37.0 Å². The first-order chi connectivity index (χ1) is 16.2. The van der Waals surface area contributed by atoms with Gasteiger partial charge in [-0.2, -0.15) is 0 Å². The van der Waals surface area contributed by atoms with Gasteiger partial charge < -0.3 is 24.5 Å². The number of carbonyl (C=O) groups is 1. The number of aryl methyl sites for hydroxylation is 1. The number of nitrogens with one attached hydrogen (secondary N) is 1. The van der Waals surface area contributed by atoms with Crippen LogP contribution in [0.4, 0.5) is 11.6 Å². The maximum Gasteiger partial charge on any atom is 0.337 e. The number of ether oxygens (including phenoxy) is 1. The van der Waals surface area contributed by atoms with Crippen molar-refractivity contribution >= 4 is 28.5 Å². The van der Waals surface area contributed by atoms with Crippen molar-refractivity contribution in [1.29, 1.82) is 0 Å². The van der Waals surface area contributed by atoms with Gasteiger partial charge >= 0.3 is 5.97 Å². The van der Waals surface area contributed by atoms with E-state index in [0.29, 0.717) is 29.1 Å². The largest absolute Gasteiger partial charge is 0.478 e. The number of hydrogen-bond acceptors (Lipinski definition) is 6. The van der Waals surface area contributed by atoms with E-state index in [1.54, 1.807) is 37.4 Å². The van der Waals surface area contributed by atoms with Gasteiger partial charge in [0, 0.05) is 37.5 Å². The van der Waals surface area contributed by atoms with Crippen molar-refractivity contribution in [3.8, 4) is 0 Å². The molecule has 1 atom stereocenters. The van der Waals surface area contributed by atoms with Crippen molar-refractivity contribution in [1.82, 2.24) is 0 Å². The zero-order valence-corrected chi connectivity index (χ0v) is 20.2. The molecule has 0 spiro atoms. The number of para-hydroxylation sites is 1. The zero-order valence-electron chi connectivity index (χ0n) is 20.2. The lowest BCUT2D eigenvalue weighted by Gasteiger charge is -2.39. The summed E-state index contributed by atoms with van der Waals surface area (Å²) in [5, 5.41) is 13.4. The maximum atomic E-state index is 13.1. The number of nitrogens with zero attached hydrogens (tertiary/aromatic N) is 1. The Labute approximate surface area is 199 Å². The van der Waals surface area contributed by atoms with Crippen molar-refractivity contribution in [2.45, 2.75) is 39.7 Å². The normalized spacial score (nSPS) is 16.4. The Kier molecular flexibility index (Phi) is 6.66. The molecule has 34 heavy (non-hydrogen) atoms. The van der Waals surface area contributed by atoms with E-state index in [-0.39, 0.29) is 22.4 Å². The van der Waals surface area contributed by atoms with Gasteiger partial charge in [0.2, 0.25) is 0 Å². The van der Waals surface area contributed by atoms with Crippen molar-refractivity contribution in [3.63, 3.8) is 0 Å². The van der Waals surface area contributed by atoms with E-state index < -0.39 is 5.97 Å². The Morgan fingerprint density at radius 3 is 2.62 bits per heavy atom. The number of anilines is 2. The van der Waals surface area contributed by atoms with Crippen LogP contribution in [0.2, 0.25) is 0 Å². The monoisotopic (exact) mass is 464 g/mol. The third-order valence-electron chi connectivity index (χ3n) is 6.76. The number of fused-ring (bicyclic) bond motifs is 1. The molecule has 7 heteroatoms. The molecule has 7 nitrogen and oxygen atoms in total. The highest BCUT2D eigenvalue weighted by molar-refractivity contribution is 5.94. The number of methoxy groups -OCH3 is 1. The van der Waals surface area contributed by atoms with Crippen LogP contribution in [0.1, 0.15) is 54.2 Å². The molecule has 180 valence electrons. The summed E-state index contributed by atoms with van der Waals surface area (Å²) < 4.78 is 11.8. The summed E-state index contributed by atoms with van der Waals surface area (Å²) in [5.74, 6) is -0.427. The van der Waals surface area contributed by atoms with Gasteiger partial charge in [-0.3, -0.25) is 4.79 Å². The van der Waals surface area contributed by atoms with E-state index >= 15 is 0 Å². The van der Waals surface area contributed by atoms with Gasteiger partial charge in [0.05, 0.1) is 23.6 Å². The Bertz CT molecular complexity index is 1260. The van der Waals surface area contributed by atoms with Crippen LogP contribution >= 0.6 is 0 Å². The van der Waals surface area contributed by atoms with Crippen LogP contribution in [-0.2, 0) is 4.74 Å². The van der Waals surface area contributed by atoms with Crippen LogP contribution in [0.25, 0.3) is 11.0 Å². The number of rotatable bonds is 7. The average molecular weight is 465 g/mol. The highest BCUT2D eigenvalue weighted by atomic mass is 16.5. The van der Waals surface area contributed by atoms with Crippen LogP contribution in [0.5, 0.6) is 0 Å². The Hall–Kier alpha value is -3.32. The van der Waals surface area contributed by atoms with Crippen molar-refractivity contribution < 1.29 is 19.1 Å². The molecule has 1 aliphatic heterocycles. The number of aromatic carboxylic acids is 1. The molecule has 1 unspecified atom stereocenters. The summed E-state index contributed by atoms with van der Waals surface area (Å²) in [6.07, 6.45) is 1.90. The van der Waals surface area contributed by atoms with Crippen LogP contribution < -0.4 is 15.6 Å². The standard InChI is InChI=1S/C27H32N2O5/c1-17-13-20(18(2)28-22-8-6-5-7-19(22)26(31)32)25-21(14-17)23(30)15-24(34-25)29-11-9-27(3,10-12-29)16-33-4/h5-8,13-15,18,28H,9-12,16H2,1-4H3,(H,31,32). The summed E-state index contributed by atoms with van der Waals surface area (Å²) in [6.45, 7) is 8.40. The van der Waals surface area contributed by atoms with Gasteiger partial charge in [-0.05, 0) is 55.9 Å². The number of carboxylic acids is 1. The third-order valence-corrected chi connectivity index (χ3v) is 6.76. The third kappa shape index (κ3) is 4.80. The summed E-state index contributed by atoms with van der Waals surface area (Å²) >= 11 is 0. The molecule has 0 aliphatic carbocycles. The SMILES string of the molecule is COCC1(C)CCN(c2cc(=O)c3cc(C)cc(C(C)Nc4ccccc4C(=O)O)c3o2)CC1. The van der Waals surface area contributed by atoms with Crippen LogP contribution in [0.15, 0.2) is 51.7 Å². The molecule has 1 aromatic heterocycles. The Morgan fingerprint density at radius 1 is 1.24 bits per heavy atom. The van der Waals surface area contributed by atoms with Crippen molar-refractivity contribution in [3.05, 3.63) is 69.4 Å². The lowest BCUT2D eigenvalue weighted by Crippen LogP contribution is -2.41. The van der Waals surface area contributed by atoms with Gasteiger partial charge in [-0.15, -0.1) is 0 Å². The molecule has 4 rings (SSSR count). The van der Waals surface area contributed by atoms with Gasteiger partial charge in [-0.1, -0.05) is 25.1 Å². The van der Waals surface area contributed by atoms with E-state index in [9.17, 15) is 14.7 Å². The minimum atomic E-state index is -0.996. The first kappa shape index (κ1) is 23.8. The van der Waals surface area contributed by atoms with Gasteiger partial charge in [0.25, 0.3) is 0 Å². The van der Waals surface area contributed by atoms with Crippen LogP contribution in [-0.4, -0.2) is 37.9 Å². The molecule has 1 saturated heterocycles. The molecule has 0 saturated carbocycles. The van der Waals surface area contributed by atoms with E-state index in [4.69, 9.17) is 9.15 Å². The number of benzene rings is 2. The number of hydrogen-bond donors (Lipinski definition) is 2. The fourth-order valence-electron chi connectivity index (χ4n) is 4.77. The van der Waals surface area contributed by atoms with Gasteiger partial charge in [0.15, 0.2) is 11.3 Å². The Balaban J connectivity index is 1.70. The van der Waals surface area contributed by atoms with E-state index in [2.05, 4.69) is 17.1 Å². The molecule has 2 heterocycles. The second kappa shape index (κ2) is 9.50. The summed E-state index contributed by atoms with van der Waals surface area (Å²) in [4.78, 5) is 26.9. The first-order valence-electron chi connectivity index (χ1n) is 11.6. The molecular formula is C27H32N2O5. The van der Waals surface area contributed by atoms with E-state index in [1.165, 1.54) is 0 Å². The number of carboxylic acid groups (broad SMARTS) is 1. The molecule has 2 N–H and O–H groups in total. The fourth-order valence-corrected chi connectivity index (χ4v) is 4.77. The molecule has 3 aromatic rings. The molecule has 1 fully saturated rings. The van der Waals surface area contributed by atoms with Crippen LogP contribution in [0, 0.1) is 12.3 Å². The molecule has 0 amide bonds. The topological polar surface area (TPSA) is 92.0 Å². The molecule has 0 radical (unpaired) electrons. The molecule has 0 bridgehead atoms. The summed E-state index contributed by atoms with van der Waals surface area (Å²) in [5.41, 5.74) is 3.05. The predicted octanol–water partition coefficient (Wildman–Crippen LogP) is 5.23. The highest BCUT2D eigenvalue weighted by Crippen LogP contribution is 2.35. The van der Waals surface area contributed by atoms with Gasteiger partial charge in [0.1, 0.15) is 5.58 Å². The lowest BCUT2D eigenvalue weighted by molar-refractivity contribution is 0.0698. The molecular weight excluding hydrogens is 432 g/mol. The van der Waals surface area contributed by atoms with E-state index in [1.807, 2.05) is 26.0 Å². The number of piperidine rings is 1. The summed E-state index contributed by atoms with van der Waals surface area (Å²) in [7, 11) is 1.73. The second-order valence-corrected chi connectivity index (χ2v) is 9.63. The molecule has 2 aromatic carbocycles. The smallest absolute Gasteiger partial charge is 0.337 e. The minimum Gasteiger partial charge on any atom is -0.478 e. The van der Waals surface area contributed by atoms with Crippen LogP contribution in [0.3, 0.4) is 0 Å². The maximum absolute atomic E-state index is 13.1. The Morgan fingerprint density at radius 2 is 1.94 bits per heavy atom. The predicted molar refractivity (Wildman–Crippen MR) is 134 cm³/mol. The lowest BCUT2D eigenvalue weighted by atomic mass is 9.81. The summed E-state index contributed by atoms with van der Waals surface area (Å²) in [6, 6.07) is 11.9. The zero-order chi connectivity index (χ0) is 24.5. The fraction of sp³-hybridized carbons (Fsp3) is 0.407. The minimum absolute atomic E-state index is 0.0791. The highest BCUT2D eigenvalue weighted by Gasteiger charge is 2.31. The van der Waals surface area contributed by atoms with Gasteiger partial charge in [-0.25, -0.2) is 4.79 Å². The van der Waals surface area contributed by atoms with Crippen molar-refractivity contribution in [2.24, 2.45) is 5.41 Å². The molecule has 1 aliphatic rings. The quantitative estimate of drug-likeness (QED) is 0.495. The first-order valence-corrected chi connectivity index (χ1v) is 11.6. The van der Waals surface area contributed by atoms with E-state index in [0.717, 1.165) is 37.1 Å².